The molecule has 0 heterocycles. The predicted molar refractivity (Wildman–Crippen MR) is 459 cm³/mol. The van der Waals surface area contributed by atoms with Gasteiger partial charge in [-0.3, -0.25) is 38.4 Å². The van der Waals surface area contributed by atoms with Crippen molar-refractivity contribution in [1.82, 2.24) is 0 Å². The molecule has 0 saturated carbocycles. The van der Waals surface area contributed by atoms with Crippen molar-refractivity contribution in [3.05, 3.63) is 300 Å². The van der Waals surface area contributed by atoms with Crippen molar-refractivity contribution in [2.24, 2.45) is 0 Å². The number of esters is 16. The summed E-state index contributed by atoms with van der Waals surface area (Å²) in [6, 6.07) is 64.6. The molecule has 0 saturated heterocycles. The SMILES string of the molecule is C=CCOC(=O)C[C@H](OC(=O)C[C@H](OC(=O)C[C@H](OC(=O)C[C@H](OC(=O)C[C@H](OC(=O)C[C@H](OC(=O)C[C@H](OC(=O)C[C@H](O[Si](C)(C)C(C)(C)C)C(=O)OCc1ccccc1)C(=O)OCc1ccccc1)C(=O)OCc1ccccc1)C(=O)OCc1ccccc1)C(=O)OCc1ccccc1)C(=O)OCc1ccccc1)C(=O)OCc1ccccc1)C(=O)OCc1ccccc1. The van der Waals surface area contributed by atoms with Crippen LogP contribution in [0.3, 0.4) is 0 Å². The first-order valence-electron chi connectivity index (χ1n) is 41.3. The highest BCUT2D eigenvalue weighted by Gasteiger charge is 2.44. The van der Waals surface area contributed by atoms with Gasteiger partial charge in [-0.05, 0) is 62.6 Å². The quantitative estimate of drug-likeness (QED) is 0.0148. The fraction of sp³-hybridized carbons (Fsp3) is 0.320. The van der Waals surface area contributed by atoms with Gasteiger partial charge in [0.25, 0.3) is 0 Å². The summed E-state index contributed by atoms with van der Waals surface area (Å²) in [5, 5.41) is -0.526. The Balaban J connectivity index is 1.05. The lowest BCUT2D eigenvalue weighted by Crippen LogP contribution is -2.47. The monoisotopic (exact) mass is 1820 g/mol. The van der Waals surface area contributed by atoms with Crippen molar-refractivity contribution in [3.8, 4) is 0 Å². The van der Waals surface area contributed by atoms with Gasteiger partial charge in [0, 0.05) is 0 Å². The van der Waals surface area contributed by atoms with Gasteiger partial charge in [0.05, 0.1) is 51.4 Å². The Morgan fingerprint density at radius 2 is 0.382 bits per heavy atom. The van der Waals surface area contributed by atoms with Crippen LogP contribution in [0.1, 0.15) is 117 Å². The largest absolute Gasteiger partial charge is 0.461 e. The number of carbonyl (C=O) groups is 16. The predicted octanol–water partition coefficient (Wildman–Crippen LogP) is 11.6. The van der Waals surface area contributed by atoms with Gasteiger partial charge in [0.1, 0.15) is 59.5 Å². The molecule has 0 aliphatic heterocycles. The van der Waals surface area contributed by atoms with E-state index in [1.165, 1.54) is 42.5 Å². The van der Waals surface area contributed by atoms with E-state index in [1.54, 1.807) is 206 Å². The van der Waals surface area contributed by atoms with Crippen molar-refractivity contribution >= 4 is 104 Å². The van der Waals surface area contributed by atoms with E-state index in [4.69, 9.17) is 80.2 Å². The van der Waals surface area contributed by atoms with Crippen molar-refractivity contribution in [2.45, 2.75) is 192 Å². The standard InChI is InChI=1S/C97H100O33Si/c1-7-48-114-81(98)49-73(89(106)115-57-65-32-16-8-17-33-65)123-82(99)50-74(90(107)116-58-66-34-18-9-19-35-66)124-83(100)51-75(91(108)117-59-67-36-20-10-21-37-67)125-84(101)52-76(92(109)118-60-68-38-22-11-23-39-68)126-85(102)53-77(93(110)119-61-69-40-24-12-25-41-69)127-86(103)54-78(94(111)120-62-70-42-26-13-27-43-70)128-87(104)55-79(95(112)121-63-71-44-28-14-29-45-71)129-88(105)56-80(130-131(5,6)97(2,3)4)96(113)122-64-72-46-30-15-31-47-72/h7-47,73-80H,1,48-64H2,2-6H3/t73-,74-,75-,76-,77-,78-,79-,80-/m0/s1. The molecule has 0 bridgehead atoms. The Kier molecular flexibility index (Phi) is 41.2. The zero-order chi connectivity index (χ0) is 94.5. The molecule has 0 radical (unpaired) electrons. The van der Waals surface area contributed by atoms with E-state index in [9.17, 15) is 76.7 Å². The average Bonchev–Trinajstić information content (AvgIpc) is 0.819. The minimum absolute atomic E-state index is 0.218. The van der Waals surface area contributed by atoms with E-state index >= 15 is 0 Å². The molecule has 8 rings (SSSR count). The molecule has 0 spiro atoms. The maximum absolute atomic E-state index is 14.6. The lowest BCUT2D eigenvalue weighted by molar-refractivity contribution is -0.185. The Hall–Kier alpha value is -14.8. The Bertz CT molecular complexity index is 5110. The highest BCUT2D eigenvalue weighted by Crippen LogP contribution is 2.38. The van der Waals surface area contributed by atoms with Gasteiger partial charge in [0.15, 0.2) is 14.4 Å². The molecular weight excluding hydrogens is 1720 g/mol. The summed E-state index contributed by atoms with van der Waals surface area (Å²) < 4.78 is 94.1. The van der Waals surface area contributed by atoms with Crippen molar-refractivity contribution in [2.75, 3.05) is 6.61 Å². The maximum atomic E-state index is 14.6. The topological polar surface area (TPSA) is 430 Å². The molecule has 0 aliphatic carbocycles. The molecule has 8 aromatic rings. The summed E-state index contributed by atoms with van der Waals surface area (Å²) in [6.07, 6.45) is -26.4. The first-order valence-corrected chi connectivity index (χ1v) is 44.2. The number of rotatable bonds is 51. The number of hydrogen-bond donors (Lipinski definition) is 0. The van der Waals surface area contributed by atoms with Crippen LogP contribution >= 0.6 is 0 Å². The number of hydrogen-bond acceptors (Lipinski definition) is 33. The normalized spacial score (nSPS) is 12.8. The van der Waals surface area contributed by atoms with Crippen LogP contribution in [-0.4, -0.2) is 159 Å². The van der Waals surface area contributed by atoms with Crippen LogP contribution in [0.4, 0.5) is 0 Å². The first-order chi connectivity index (χ1) is 62.8. The molecule has 8 aromatic carbocycles. The van der Waals surface area contributed by atoms with Gasteiger partial charge in [-0.2, -0.15) is 0 Å². The third-order valence-electron chi connectivity index (χ3n) is 19.2. The average molecular weight is 1820 g/mol. The molecule has 0 aliphatic rings. The van der Waals surface area contributed by atoms with Crippen LogP contribution in [0.25, 0.3) is 0 Å². The summed E-state index contributed by atoms with van der Waals surface area (Å²) in [5.41, 5.74) is 3.43. The molecule has 0 N–H and O–H groups in total. The summed E-state index contributed by atoms with van der Waals surface area (Å²) in [4.78, 5) is 226. The molecule has 8 atom stereocenters. The second-order valence-corrected chi connectivity index (χ2v) is 35.3. The van der Waals surface area contributed by atoms with E-state index in [0.29, 0.717) is 44.5 Å². The van der Waals surface area contributed by atoms with E-state index in [2.05, 4.69) is 6.58 Å². The van der Waals surface area contributed by atoms with Crippen LogP contribution in [-0.2, 0) is 210 Å². The molecule has 34 heteroatoms. The molecule has 131 heavy (non-hydrogen) atoms. The Labute approximate surface area is 755 Å². The van der Waals surface area contributed by atoms with Gasteiger partial charge in [-0.15, -0.1) is 0 Å². The highest BCUT2D eigenvalue weighted by atomic mass is 28.4. The Morgan fingerprint density at radius 1 is 0.237 bits per heavy atom. The lowest BCUT2D eigenvalue weighted by atomic mass is 10.2. The van der Waals surface area contributed by atoms with Crippen molar-refractivity contribution < 1.29 is 157 Å². The van der Waals surface area contributed by atoms with Gasteiger partial charge in [-0.1, -0.05) is 276 Å². The van der Waals surface area contributed by atoms with Crippen molar-refractivity contribution in [1.29, 1.82) is 0 Å². The number of carbonyl (C=O) groups excluding carboxylic acids is 16. The van der Waals surface area contributed by atoms with E-state index in [-0.39, 0.29) is 19.8 Å². The van der Waals surface area contributed by atoms with Crippen LogP contribution in [0, 0.1) is 0 Å². The van der Waals surface area contributed by atoms with Crippen molar-refractivity contribution in [3.63, 3.8) is 0 Å². The summed E-state index contributed by atoms with van der Waals surface area (Å²) in [5.74, 6) is -22.6. The van der Waals surface area contributed by atoms with Gasteiger partial charge in [0.2, 0.25) is 42.7 Å². The molecule has 690 valence electrons. The zero-order valence-electron chi connectivity index (χ0n) is 72.5. The summed E-state index contributed by atoms with van der Waals surface area (Å²) in [7, 11) is -2.93. The third kappa shape index (κ3) is 37.2. The molecular formula is C97H100O33Si. The fourth-order valence-electron chi connectivity index (χ4n) is 11.4. The molecule has 0 aromatic heterocycles. The van der Waals surface area contributed by atoms with Gasteiger partial charge in [-0.25, -0.2) is 38.4 Å². The summed E-state index contributed by atoms with van der Waals surface area (Å²) in [6.45, 7) is 8.82. The smallest absolute Gasteiger partial charge is 0.348 e. The van der Waals surface area contributed by atoms with E-state index in [1.807, 2.05) is 33.9 Å². The first kappa shape index (κ1) is 102. The van der Waals surface area contributed by atoms with Gasteiger partial charge >= 0.3 is 95.5 Å². The molecule has 0 amide bonds. The zero-order valence-corrected chi connectivity index (χ0v) is 73.5. The lowest BCUT2D eigenvalue weighted by Gasteiger charge is -2.38. The molecule has 0 unspecified atom stereocenters. The maximum Gasteiger partial charge on any atom is 0.348 e. The fourth-order valence-corrected chi connectivity index (χ4v) is 12.6. The van der Waals surface area contributed by atoms with E-state index in [0.717, 1.165) is 0 Å². The molecule has 0 fully saturated rings. The van der Waals surface area contributed by atoms with E-state index < -0.39 is 249 Å². The van der Waals surface area contributed by atoms with Crippen LogP contribution in [0.15, 0.2) is 255 Å². The van der Waals surface area contributed by atoms with Crippen LogP contribution < -0.4 is 0 Å². The molecule has 33 nitrogen and oxygen atoms in total. The summed E-state index contributed by atoms with van der Waals surface area (Å²) >= 11 is 0. The minimum atomic E-state index is -2.93. The van der Waals surface area contributed by atoms with Gasteiger partial charge < -0.3 is 80.2 Å². The van der Waals surface area contributed by atoms with Crippen LogP contribution in [0.5, 0.6) is 0 Å². The second-order valence-electron chi connectivity index (χ2n) is 30.6. The van der Waals surface area contributed by atoms with Crippen LogP contribution in [0.2, 0.25) is 18.1 Å². The third-order valence-corrected chi connectivity index (χ3v) is 23.7. The highest BCUT2D eigenvalue weighted by molar-refractivity contribution is 6.74. The number of ether oxygens (including phenoxy) is 16. The Morgan fingerprint density at radius 3 is 0.534 bits per heavy atom. The number of benzene rings is 8. The minimum Gasteiger partial charge on any atom is -0.461 e. The second kappa shape index (κ2) is 53.1.